The molecule has 4 aliphatic rings. The smallest absolute Gasteiger partial charge is 0.263 e. The summed E-state index contributed by atoms with van der Waals surface area (Å²) in [4.78, 5) is 0.277. The van der Waals surface area contributed by atoms with E-state index in [-0.39, 0.29) is 11.0 Å². The lowest BCUT2D eigenvalue weighted by Gasteiger charge is -2.54. The number of rotatable bonds is 8. The average molecular weight is 527 g/mol. The van der Waals surface area contributed by atoms with Gasteiger partial charge in [-0.2, -0.15) is 8.42 Å². The van der Waals surface area contributed by atoms with E-state index in [4.69, 9.17) is 4.18 Å². The van der Waals surface area contributed by atoms with Crippen LogP contribution in [0.15, 0.2) is 40.8 Å². The van der Waals surface area contributed by atoms with Crippen molar-refractivity contribution in [1.29, 1.82) is 0 Å². The molecule has 1 aromatic rings. The number of benzene rings is 1. The van der Waals surface area contributed by atoms with Crippen molar-refractivity contribution in [2.45, 2.75) is 116 Å². The molecule has 0 radical (unpaired) electrons. The predicted octanol–water partition coefficient (Wildman–Crippen LogP) is 8.72. The van der Waals surface area contributed by atoms with Crippen molar-refractivity contribution in [3.8, 4) is 0 Å². The second-order valence-corrected chi connectivity index (χ2v) is 15.4. The van der Waals surface area contributed by atoms with Gasteiger partial charge in [0.25, 0.3) is 10.1 Å². The highest BCUT2D eigenvalue weighted by Gasteiger charge is 2.56. The summed E-state index contributed by atoms with van der Waals surface area (Å²) in [5, 5.41) is 0. The standard InChI is InChI=1S/C33H50O3S/c1-22(2)7-6-8-24(4)31-17-18-32-30-15-11-25-21-26(12-16-28(25)29(30)19-20-33(31,32)5)36-37(34,35)27-13-9-23(3)10-14-27/h9-11,13-14,22,24,26,28-32H,6-8,12,15-21H2,1-5H3/t24-,26-,28-,29-,30-,31+,32-,33-/m1/s1. The topological polar surface area (TPSA) is 43.4 Å². The maximum absolute atomic E-state index is 12.9. The zero-order chi connectivity index (χ0) is 26.4. The number of allylic oxidation sites excluding steroid dienone is 1. The van der Waals surface area contributed by atoms with Gasteiger partial charge in [-0.25, -0.2) is 0 Å². The van der Waals surface area contributed by atoms with Gasteiger partial charge >= 0.3 is 0 Å². The lowest BCUT2D eigenvalue weighted by atomic mass is 9.51. The Hall–Kier alpha value is -1.13. The predicted molar refractivity (Wildman–Crippen MR) is 152 cm³/mol. The SMILES string of the molecule is Cc1ccc(S(=O)(=O)O[C@@H]2CC[C@@H]3C(=CC[C@@H]4[C@@H]3CC[C@@]3(C)[C@@H]4CC[C@H]3[C@H](C)CCCC(C)C)C2)cc1. The normalized spacial score (nSPS) is 36.4. The van der Waals surface area contributed by atoms with Gasteiger partial charge in [-0.05, 0) is 117 Å². The van der Waals surface area contributed by atoms with Gasteiger partial charge in [0.15, 0.2) is 0 Å². The molecule has 0 amide bonds. The lowest BCUT2D eigenvalue weighted by Crippen LogP contribution is -2.47. The van der Waals surface area contributed by atoms with Crippen LogP contribution >= 0.6 is 0 Å². The fourth-order valence-corrected chi connectivity index (χ4v) is 10.4. The highest BCUT2D eigenvalue weighted by molar-refractivity contribution is 7.86. The van der Waals surface area contributed by atoms with Gasteiger partial charge in [-0.1, -0.05) is 76.3 Å². The summed E-state index contributed by atoms with van der Waals surface area (Å²) in [5.74, 6) is 5.71. The van der Waals surface area contributed by atoms with Crippen LogP contribution in [0.5, 0.6) is 0 Å². The average Bonchev–Trinajstić information content (AvgIpc) is 3.21. The maximum atomic E-state index is 12.9. The molecule has 3 saturated carbocycles. The Morgan fingerprint density at radius 1 is 0.973 bits per heavy atom. The number of hydrogen-bond donors (Lipinski definition) is 0. The molecule has 5 rings (SSSR count). The molecule has 0 heterocycles. The summed E-state index contributed by atoms with van der Waals surface area (Å²) < 4.78 is 31.6. The van der Waals surface area contributed by atoms with Crippen LogP contribution in [0, 0.1) is 53.8 Å². The van der Waals surface area contributed by atoms with Crippen LogP contribution in [0.2, 0.25) is 0 Å². The summed E-state index contributed by atoms with van der Waals surface area (Å²) in [6, 6.07) is 7.02. The first-order valence-corrected chi connectivity index (χ1v) is 16.7. The minimum Gasteiger partial charge on any atom is -0.263 e. The Balaban J connectivity index is 1.23. The molecule has 37 heavy (non-hydrogen) atoms. The first-order chi connectivity index (χ1) is 17.6. The van der Waals surface area contributed by atoms with Gasteiger partial charge in [-0.15, -0.1) is 0 Å². The van der Waals surface area contributed by atoms with Crippen LogP contribution in [0.3, 0.4) is 0 Å². The molecule has 8 atom stereocenters. The first kappa shape index (κ1) is 27.4. The van der Waals surface area contributed by atoms with E-state index < -0.39 is 10.1 Å². The molecule has 206 valence electrons. The Morgan fingerprint density at radius 2 is 1.73 bits per heavy atom. The van der Waals surface area contributed by atoms with Gasteiger partial charge in [0, 0.05) is 0 Å². The van der Waals surface area contributed by atoms with Crippen molar-refractivity contribution in [1.82, 2.24) is 0 Å². The number of hydrogen-bond acceptors (Lipinski definition) is 3. The van der Waals surface area contributed by atoms with E-state index in [0.29, 0.717) is 11.3 Å². The molecule has 0 spiro atoms. The quantitative estimate of drug-likeness (QED) is 0.251. The van der Waals surface area contributed by atoms with Crippen LogP contribution < -0.4 is 0 Å². The molecule has 0 saturated heterocycles. The molecular weight excluding hydrogens is 476 g/mol. The monoisotopic (exact) mass is 526 g/mol. The minimum atomic E-state index is -3.71. The molecule has 1 aromatic carbocycles. The van der Waals surface area contributed by atoms with E-state index in [0.717, 1.165) is 60.3 Å². The molecular formula is C33H50O3S. The van der Waals surface area contributed by atoms with E-state index in [2.05, 4.69) is 33.8 Å². The van der Waals surface area contributed by atoms with Gasteiger partial charge in [0.2, 0.25) is 0 Å². The summed E-state index contributed by atoms with van der Waals surface area (Å²) in [5.41, 5.74) is 3.07. The van der Waals surface area contributed by atoms with Crippen molar-refractivity contribution < 1.29 is 12.6 Å². The highest BCUT2D eigenvalue weighted by atomic mass is 32.2. The maximum Gasteiger partial charge on any atom is 0.297 e. The molecule has 0 N–H and O–H groups in total. The molecule has 4 heteroatoms. The highest BCUT2D eigenvalue weighted by Crippen LogP contribution is 2.64. The second kappa shape index (κ2) is 10.8. The van der Waals surface area contributed by atoms with Gasteiger partial charge in [-0.3, -0.25) is 4.18 Å². The van der Waals surface area contributed by atoms with Crippen molar-refractivity contribution in [3.05, 3.63) is 41.5 Å². The Kier molecular flexibility index (Phi) is 8.01. The molecule has 0 aromatic heterocycles. The molecule has 3 fully saturated rings. The third kappa shape index (κ3) is 5.49. The fourth-order valence-electron chi connectivity index (χ4n) is 9.28. The van der Waals surface area contributed by atoms with E-state index in [1.807, 2.05) is 19.1 Å². The van der Waals surface area contributed by atoms with E-state index in [9.17, 15) is 8.42 Å². The summed E-state index contributed by atoms with van der Waals surface area (Å²) >= 11 is 0. The molecule has 0 aliphatic heterocycles. The summed E-state index contributed by atoms with van der Waals surface area (Å²) in [6.45, 7) is 11.9. The number of aryl methyl sites for hydroxylation is 1. The minimum absolute atomic E-state index is 0.221. The van der Waals surface area contributed by atoms with Crippen molar-refractivity contribution >= 4 is 10.1 Å². The van der Waals surface area contributed by atoms with Gasteiger partial charge in [0.1, 0.15) is 0 Å². The Bertz CT molecular complexity index is 1070. The van der Waals surface area contributed by atoms with Crippen molar-refractivity contribution in [2.75, 3.05) is 0 Å². The lowest BCUT2D eigenvalue weighted by molar-refractivity contribution is -0.0283. The molecule has 0 bridgehead atoms. The van der Waals surface area contributed by atoms with E-state index in [1.165, 1.54) is 56.9 Å². The van der Waals surface area contributed by atoms with Crippen LogP contribution in [-0.2, 0) is 14.3 Å². The molecule has 4 aliphatic carbocycles. The van der Waals surface area contributed by atoms with Crippen LogP contribution in [0.1, 0.15) is 104 Å². The zero-order valence-corrected chi connectivity index (χ0v) is 24.7. The summed E-state index contributed by atoms with van der Waals surface area (Å²) in [7, 11) is -3.71. The van der Waals surface area contributed by atoms with Crippen LogP contribution in [0.25, 0.3) is 0 Å². The second-order valence-electron chi connectivity index (χ2n) is 13.9. The van der Waals surface area contributed by atoms with Crippen LogP contribution in [0.4, 0.5) is 0 Å². The molecule has 0 unspecified atom stereocenters. The zero-order valence-electron chi connectivity index (χ0n) is 23.9. The number of fused-ring (bicyclic) bond motifs is 5. The van der Waals surface area contributed by atoms with E-state index >= 15 is 0 Å². The van der Waals surface area contributed by atoms with Crippen molar-refractivity contribution in [2.24, 2.45) is 46.8 Å². The van der Waals surface area contributed by atoms with Gasteiger partial charge < -0.3 is 0 Å². The van der Waals surface area contributed by atoms with Gasteiger partial charge in [0.05, 0.1) is 11.0 Å². The largest absolute Gasteiger partial charge is 0.297 e. The third-order valence-electron chi connectivity index (χ3n) is 11.2. The summed E-state index contributed by atoms with van der Waals surface area (Å²) in [6.07, 6.45) is 16.0. The first-order valence-electron chi connectivity index (χ1n) is 15.3. The Labute approximate surface area is 227 Å². The Morgan fingerprint density at radius 3 is 2.46 bits per heavy atom. The molecule has 3 nitrogen and oxygen atoms in total. The fraction of sp³-hybridized carbons (Fsp3) is 0.758. The third-order valence-corrected chi connectivity index (χ3v) is 12.5. The van der Waals surface area contributed by atoms with Crippen LogP contribution in [-0.4, -0.2) is 14.5 Å². The van der Waals surface area contributed by atoms with E-state index in [1.54, 1.807) is 12.1 Å². The van der Waals surface area contributed by atoms with Crippen molar-refractivity contribution in [3.63, 3.8) is 0 Å².